The number of para-hydroxylation sites is 1. The predicted molar refractivity (Wildman–Crippen MR) is 146 cm³/mol. The number of aromatic nitrogens is 3. The summed E-state index contributed by atoms with van der Waals surface area (Å²) >= 11 is 2.53. The number of methoxy groups -OCH3 is 1. The van der Waals surface area contributed by atoms with Crippen LogP contribution in [0.1, 0.15) is 21.7 Å². The van der Waals surface area contributed by atoms with Gasteiger partial charge in [0.05, 0.1) is 12.9 Å². The molecule has 0 saturated carbocycles. The zero-order chi connectivity index (χ0) is 26.2. The fraction of sp³-hybridized carbons (Fsp3) is 0.185. The lowest BCUT2D eigenvalue weighted by Gasteiger charge is -2.10. The molecule has 8 nitrogen and oxygen atoms in total. The van der Waals surface area contributed by atoms with Crippen molar-refractivity contribution in [1.29, 1.82) is 0 Å². The maximum atomic E-state index is 12.8. The van der Waals surface area contributed by atoms with E-state index in [1.165, 1.54) is 30.2 Å². The van der Waals surface area contributed by atoms with Crippen LogP contribution in [0.25, 0.3) is 11.1 Å². The normalized spacial score (nSPS) is 10.6. The Labute approximate surface area is 223 Å². The van der Waals surface area contributed by atoms with Gasteiger partial charge in [-0.15, -0.1) is 28.1 Å². The molecule has 0 aliphatic heterocycles. The molecule has 0 atom stereocenters. The molecule has 2 heterocycles. The molecule has 0 bridgehead atoms. The van der Waals surface area contributed by atoms with E-state index < -0.39 is 5.97 Å². The number of hydrogen-bond donors (Lipinski definition) is 1. The van der Waals surface area contributed by atoms with E-state index in [9.17, 15) is 9.59 Å². The third-order valence-electron chi connectivity index (χ3n) is 5.34. The summed E-state index contributed by atoms with van der Waals surface area (Å²) in [5.74, 6) is 0.649. The Morgan fingerprint density at radius 3 is 2.59 bits per heavy atom. The summed E-state index contributed by atoms with van der Waals surface area (Å²) < 4.78 is 12.7. The number of anilines is 1. The summed E-state index contributed by atoms with van der Waals surface area (Å²) in [5.41, 5.74) is 3.04. The highest BCUT2D eigenvalue weighted by atomic mass is 32.2. The van der Waals surface area contributed by atoms with Gasteiger partial charge in [-0.25, -0.2) is 4.79 Å². The van der Waals surface area contributed by atoms with Gasteiger partial charge in [-0.1, -0.05) is 65.9 Å². The number of nitrogens with zero attached hydrogens (tertiary/aromatic N) is 3. The standard InChI is InChI=1S/C27H26N4O4S2/c1-4-14-31-22(15-35-20-8-6-5-7-9-20)29-30-27(31)37-17-23(32)28-25-24(26(33)34-3)21(16-36-25)19-12-10-18(2)11-13-19/h4-13,16H,1,14-15,17H2,2-3H3,(H,28,32). The van der Waals surface area contributed by atoms with Gasteiger partial charge in [0.25, 0.3) is 0 Å². The maximum absolute atomic E-state index is 12.8. The van der Waals surface area contributed by atoms with Crippen molar-refractivity contribution >= 4 is 40.0 Å². The smallest absolute Gasteiger partial charge is 0.341 e. The van der Waals surface area contributed by atoms with E-state index in [-0.39, 0.29) is 18.3 Å². The molecule has 4 aromatic rings. The number of ether oxygens (including phenoxy) is 2. The summed E-state index contributed by atoms with van der Waals surface area (Å²) in [6, 6.07) is 17.3. The number of rotatable bonds is 11. The van der Waals surface area contributed by atoms with Crippen LogP contribution in [0.3, 0.4) is 0 Å². The van der Waals surface area contributed by atoms with E-state index in [0.29, 0.717) is 33.7 Å². The van der Waals surface area contributed by atoms with Crippen LogP contribution in [0.2, 0.25) is 0 Å². The predicted octanol–water partition coefficient (Wildman–Crippen LogP) is 5.60. The minimum atomic E-state index is -0.506. The third kappa shape index (κ3) is 6.46. The fourth-order valence-corrected chi connectivity index (χ4v) is 5.24. The number of aryl methyl sites for hydroxylation is 1. The number of amides is 1. The van der Waals surface area contributed by atoms with Gasteiger partial charge in [0.15, 0.2) is 11.0 Å². The van der Waals surface area contributed by atoms with Crippen molar-refractivity contribution in [1.82, 2.24) is 14.8 Å². The highest BCUT2D eigenvalue weighted by Gasteiger charge is 2.23. The summed E-state index contributed by atoms with van der Waals surface area (Å²) in [6.45, 7) is 6.51. The Morgan fingerprint density at radius 1 is 1.14 bits per heavy atom. The molecular formula is C27H26N4O4S2. The van der Waals surface area contributed by atoms with Gasteiger partial charge in [0.1, 0.15) is 22.9 Å². The van der Waals surface area contributed by atoms with E-state index >= 15 is 0 Å². The van der Waals surface area contributed by atoms with E-state index in [1.807, 2.05) is 71.5 Å². The number of benzene rings is 2. The molecule has 1 N–H and O–H groups in total. The molecule has 2 aromatic carbocycles. The molecule has 2 aromatic heterocycles. The lowest BCUT2D eigenvalue weighted by Crippen LogP contribution is -2.16. The van der Waals surface area contributed by atoms with Crippen molar-refractivity contribution in [2.75, 3.05) is 18.2 Å². The second kappa shape index (κ2) is 12.4. The summed E-state index contributed by atoms with van der Waals surface area (Å²) in [5, 5.41) is 14.2. The fourth-order valence-electron chi connectivity index (χ4n) is 3.50. The Kier molecular flexibility index (Phi) is 8.76. The number of nitrogens with one attached hydrogen (secondary N) is 1. The molecule has 10 heteroatoms. The van der Waals surface area contributed by atoms with Crippen LogP contribution < -0.4 is 10.1 Å². The number of hydrogen-bond acceptors (Lipinski definition) is 8. The first-order valence-corrected chi connectivity index (χ1v) is 13.3. The first kappa shape index (κ1) is 26.2. The van der Waals surface area contributed by atoms with Crippen molar-refractivity contribution < 1.29 is 19.1 Å². The number of esters is 1. The van der Waals surface area contributed by atoms with Gasteiger partial charge in [-0.3, -0.25) is 9.36 Å². The lowest BCUT2D eigenvalue weighted by molar-refractivity contribution is -0.113. The largest absolute Gasteiger partial charge is 0.486 e. The van der Waals surface area contributed by atoms with E-state index in [1.54, 1.807) is 6.08 Å². The van der Waals surface area contributed by atoms with Crippen LogP contribution in [0, 0.1) is 6.92 Å². The second-order valence-corrected chi connectivity index (χ2v) is 9.77. The van der Waals surface area contributed by atoms with Gasteiger partial charge in [-0.2, -0.15) is 0 Å². The zero-order valence-electron chi connectivity index (χ0n) is 20.5. The number of allylic oxidation sites excluding steroid dienone is 1. The lowest BCUT2D eigenvalue weighted by atomic mass is 10.0. The van der Waals surface area contributed by atoms with Gasteiger partial charge in [0, 0.05) is 17.5 Å². The quantitative estimate of drug-likeness (QED) is 0.152. The monoisotopic (exact) mass is 534 g/mol. The van der Waals surface area contributed by atoms with Crippen molar-refractivity contribution in [2.24, 2.45) is 0 Å². The molecule has 37 heavy (non-hydrogen) atoms. The van der Waals surface area contributed by atoms with E-state index in [0.717, 1.165) is 16.9 Å². The number of thioether (sulfide) groups is 1. The Morgan fingerprint density at radius 2 is 1.89 bits per heavy atom. The van der Waals surface area contributed by atoms with Crippen LogP contribution >= 0.6 is 23.1 Å². The zero-order valence-corrected chi connectivity index (χ0v) is 22.1. The van der Waals surface area contributed by atoms with Gasteiger partial charge < -0.3 is 14.8 Å². The minimum Gasteiger partial charge on any atom is -0.486 e. The summed E-state index contributed by atoms with van der Waals surface area (Å²) in [6.07, 6.45) is 1.74. The van der Waals surface area contributed by atoms with Crippen LogP contribution in [0.15, 0.2) is 77.8 Å². The highest BCUT2D eigenvalue weighted by Crippen LogP contribution is 2.36. The van der Waals surface area contributed by atoms with Crippen LogP contribution in [0.5, 0.6) is 5.75 Å². The molecular weight excluding hydrogens is 508 g/mol. The maximum Gasteiger partial charge on any atom is 0.341 e. The molecule has 1 amide bonds. The molecule has 0 aliphatic rings. The van der Waals surface area contributed by atoms with Gasteiger partial charge >= 0.3 is 5.97 Å². The molecule has 0 fully saturated rings. The number of carbonyl (C=O) groups is 2. The van der Waals surface area contributed by atoms with Crippen LogP contribution in [0.4, 0.5) is 5.00 Å². The second-order valence-electron chi connectivity index (χ2n) is 7.95. The molecule has 0 radical (unpaired) electrons. The topological polar surface area (TPSA) is 95.3 Å². The molecule has 0 aliphatic carbocycles. The Balaban J connectivity index is 1.45. The van der Waals surface area contributed by atoms with Crippen LogP contribution in [-0.2, 0) is 22.7 Å². The third-order valence-corrected chi connectivity index (χ3v) is 7.21. The van der Waals surface area contributed by atoms with Crippen molar-refractivity contribution in [3.05, 3.63) is 89.6 Å². The average molecular weight is 535 g/mol. The van der Waals surface area contributed by atoms with E-state index in [2.05, 4.69) is 22.1 Å². The molecule has 4 rings (SSSR count). The van der Waals surface area contributed by atoms with Crippen molar-refractivity contribution in [3.8, 4) is 16.9 Å². The minimum absolute atomic E-state index is 0.0766. The number of thiophene rings is 1. The van der Waals surface area contributed by atoms with Crippen molar-refractivity contribution in [2.45, 2.75) is 25.2 Å². The molecule has 190 valence electrons. The van der Waals surface area contributed by atoms with Gasteiger partial charge in [-0.05, 0) is 24.6 Å². The van der Waals surface area contributed by atoms with Crippen LogP contribution in [-0.4, -0.2) is 39.5 Å². The summed E-state index contributed by atoms with van der Waals surface area (Å²) in [4.78, 5) is 25.4. The molecule has 0 spiro atoms. The van der Waals surface area contributed by atoms with E-state index in [4.69, 9.17) is 9.47 Å². The highest BCUT2D eigenvalue weighted by molar-refractivity contribution is 7.99. The van der Waals surface area contributed by atoms with Gasteiger partial charge in [0.2, 0.25) is 5.91 Å². The molecule has 0 unspecified atom stereocenters. The number of carbonyl (C=O) groups excluding carboxylic acids is 2. The first-order chi connectivity index (χ1) is 18.0. The Bertz CT molecular complexity index is 1380. The SMILES string of the molecule is C=CCn1c(COc2ccccc2)nnc1SCC(=O)Nc1scc(-c2ccc(C)cc2)c1C(=O)OC. The summed E-state index contributed by atoms with van der Waals surface area (Å²) in [7, 11) is 1.33. The first-order valence-electron chi connectivity index (χ1n) is 11.4. The molecule has 0 saturated heterocycles. The Hall–Kier alpha value is -3.89. The average Bonchev–Trinajstić information content (AvgIpc) is 3.51. The van der Waals surface area contributed by atoms with Crippen molar-refractivity contribution in [3.63, 3.8) is 0 Å².